The molecule has 64 valence electrons. The zero-order valence-corrected chi connectivity index (χ0v) is 6.84. The minimum absolute atomic E-state index is 0.0630. The standard InChI is InChI=1S/C8H6ClFO2/c9-7-2-1-6(4-12-5-11)8(10)3-7/h1-3,5H,4H2. The molecule has 0 unspecified atom stereocenters. The van der Waals surface area contributed by atoms with Gasteiger partial charge in [-0.2, -0.15) is 0 Å². The summed E-state index contributed by atoms with van der Waals surface area (Å²) in [5.41, 5.74) is 0.312. The first kappa shape index (κ1) is 9.00. The maximum absolute atomic E-state index is 12.9. The van der Waals surface area contributed by atoms with E-state index in [4.69, 9.17) is 11.6 Å². The molecule has 0 fully saturated rings. The van der Waals surface area contributed by atoms with E-state index in [1.807, 2.05) is 0 Å². The number of hydrogen-bond acceptors (Lipinski definition) is 2. The molecule has 1 rings (SSSR count). The zero-order chi connectivity index (χ0) is 8.97. The van der Waals surface area contributed by atoms with E-state index in [9.17, 15) is 9.18 Å². The lowest BCUT2D eigenvalue weighted by Crippen LogP contribution is -1.93. The number of ether oxygens (including phenoxy) is 1. The third-order valence-electron chi connectivity index (χ3n) is 1.32. The van der Waals surface area contributed by atoms with Crippen molar-refractivity contribution in [1.82, 2.24) is 0 Å². The molecule has 2 nitrogen and oxygen atoms in total. The second-order valence-electron chi connectivity index (χ2n) is 2.14. The van der Waals surface area contributed by atoms with E-state index in [0.29, 0.717) is 10.6 Å². The highest BCUT2D eigenvalue weighted by molar-refractivity contribution is 6.30. The van der Waals surface area contributed by atoms with Crippen molar-refractivity contribution in [3.63, 3.8) is 0 Å². The Balaban J connectivity index is 2.78. The van der Waals surface area contributed by atoms with E-state index in [0.717, 1.165) is 0 Å². The van der Waals surface area contributed by atoms with Gasteiger partial charge in [-0.3, -0.25) is 4.79 Å². The minimum atomic E-state index is -0.468. The molecule has 1 aromatic carbocycles. The van der Waals surface area contributed by atoms with Gasteiger partial charge in [-0.05, 0) is 12.1 Å². The first-order chi connectivity index (χ1) is 5.74. The third-order valence-corrected chi connectivity index (χ3v) is 1.56. The highest BCUT2D eigenvalue weighted by Gasteiger charge is 2.01. The largest absolute Gasteiger partial charge is 0.463 e. The molecule has 0 spiro atoms. The van der Waals surface area contributed by atoms with Gasteiger partial charge in [-0.1, -0.05) is 17.7 Å². The lowest BCUT2D eigenvalue weighted by atomic mass is 10.2. The van der Waals surface area contributed by atoms with E-state index in [1.165, 1.54) is 18.2 Å². The van der Waals surface area contributed by atoms with Crippen molar-refractivity contribution in [3.05, 3.63) is 34.6 Å². The van der Waals surface area contributed by atoms with Gasteiger partial charge in [0.15, 0.2) is 0 Å². The van der Waals surface area contributed by atoms with E-state index in [1.54, 1.807) is 0 Å². The van der Waals surface area contributed by atoms with Crippen molar-refractivity contribution in [2.75, 3.05) is 0 Å². The molecule has 0 amide bonds. The summed E-state index contributed by atoms with van der Waals surface area (Å²) in [5, 5.41) is 0.322. The van der Waals surface area contributed by atoms with E-state index in [2.05, 4.69) is 4.74 Å². The summed E-state index contributed by atoms with van der Waals surface area (Å²) < 4.78 is 17.3. The lowest BCUT2D eigenvalue weighted by Gasteiger charge is -2.00. The second-order valence-corrected chi connectivity index (χ2v) is 2.58. The van der Waals surface area contributed by atoms with Gasteiger partial charge in [0.25, 0.3) is 6.47 Å². The van der Waals surface area contributed by atoms with Gasteiger partial charge in [0, 0.05) is 10.6 Å². The first-order valence-electron chi connectivity index (χ1n) is 3.23. The maximum atomic E-state index is 12.9. The Morgan fingerprint density at radius 3 is 2.92 bits per heavy atom. The van der Waals surface area contributed by atoms with Gasteiger partial charge < -0.3 is 4.74 Å². The van der Waals surface area contributed by atoms with Crippen LogP contribution in [0, 0.1) is 5.82 Å². The van der Waals surface area contributed by atoms with Crippen molar-refractivity contribution in [2.24, 2.45) is 0 Å². The molecule has 0 aromatic heterocycles. The van der Waals surface area contributed by atoms with E-state index >= 15 is 0 Å². The van der Waals surface area contributed by atoms with Gasteiger partial charge in [-0.15, -0.1) is 0 Å². The fourth-order valence-corrected chi connectivity index (χ4v) is 0.921. The molecular weight excluding hydrogens is 183 g/mol. The highest BCUT2D eigenvalue weighted by Crippen LogP contribution is 2.14. The minimum Gasteiger partial charge on any atom is -0.463 e. The Morgan fingerprint density at radius 1 is 1.58 bits per heavy atom. The van der Waals surface area contributed by atoms with Crippen molar-refractivity contribution in [3.8, 4) is 0 Å². The molecule has 0 aliphatic carbocycles. The number of hydrogen-bond donors (Lipinski definition) is 0. The fourth-order valence-electron chi connectivity index (χ4n) is 0.763. The van der Waals surface area contributed by atoms with Crippen LogP contribution in [0.4, 0.5) is 4.39 Å². The summed E-state index contributed by atoms with van der Waals surface area (Å²) in [5.74, 6) is -0.468. The van der Waals surface area contributed by atoms with Crippen LogP contribution < -0.4 is 0 Å². The Bertz CT molecular complexity index is 288. The van der Waals surface area contributed by atoms with Crippen molar-refractivity contribution >= 4 is 18.1 Å². The maximum Gasteiger partial charge on any atom is 0.293 e. The van der Waals surface area contributed by atoms with Crippen LogP contribution >= 0.6 is 11.6 Å². The average Bonchev–Trinajstić information content (AvgIpc) is 2.03. The SMILES string of the molecule is O=COCc1ccc(Cl)cc1F. The summed E-state index contributed by atoms with van der Waals surface area (Å²) >= 11 is 5.50. The second kappa shape index (κ2) is 4.07. The first-order valence-corrected chi connectivity index (χ1v) is 3.61. The zero-order valence-electron chi connectivity index (χ0n) is 6.09. The molecule has 4 heteroatoms. The van der Waals surface area contributed by atoms with Crippen LogP contribution in [0.25, 0.3) is 0 Å². The van der Waals surface area contributed by atoms with Gasteiger partial charge in [0.2, 0.25) is 0 Å². The topological polar surface area (TPSA) is 26.3 Å². The van der Waals surface area contributed by atoms with Gasteiger partial charge in [-0.25, -0.2) is 4.39 Å². The number of halogens is 2. The van der Waals surface area contributed by atoms with Gasteiger partial charge >= 0.3 is 0 Å². The van der Waals surface area contributed by atoms with E-state index in [-0.39, 0.29) is 13.1 Å². The fraction of sp³-hybridized carbons (Fsp3) is 0.125. The number of carbonyl (C=O) groups is 1. The van der Waals surface area contributed by atoms with Crippen LogP contribution in [-0.4, -0.2) is 6.47 Å². The molecule has 0 N–H and O–H groups in total. The van der Waals surface area contributed by atoms with Crippen LogP contribution in [0.15, 0.2) is 18.2 Å². The molecule has 0 heterocycles. The Hall–Kier alpha value is -1.09. The highest BCUT2D eigenvalue weighted by atomic mass is 35.5. The molecule has 0 aliphatic heterocycles. The number of carbonyl (C=O) groups excluding carboxylic acids is 1. The van der Waals surface area contributed by atoms with E-state index < -0.39 is 5.82 Å². The van der Waals surface area contributed by atoms with Crippen molar-refractivity contribution in [1.29, 1.82) is 0 Å². The Morgan fingerprint density at radius 2 is 2.33 bits per heavy atom. The smallest absolute Gasteiger partial charge is 0.293 e. The Kier molecular flexibility index (Phi) is 3.05. The van der Waals surface area contributed by atoms with Crippen LogP contribution in [0.5, 0.6) is 0 Å². The number of rotatable bonds is 3. The Labute approximate surface area is 73.9 Å². The lowest BCUT2D eigenvalue weighted by molar-refractivity contribution is -0.129. The van der Waals surface area contributed by atoms with Crippen LogP contribution in [0.3, 0.4) is 0 Å². The van der Waals surface area contributed by atoms with Gasteiger partial charge in [0.1, 0.15) is 12.4 Å². The van der Waals surface area contributed by atoms with Gasteiger partial charge in [0.05, 0.1) is 0 Å². The quantitative estimate of drug-likeness (QED) is 0.680. The normalized spacial score (nSPS) is 9.50. The summed E-state index contributed by atoms with van der Waals surface area (Å²) in [7, 11) is 0. The summed E-state index contributed by atoms with van der Waals surface area (Å²) in [6.45, 7) is 0.209. The molecule has 12 heavy (non-hydrogen) atoms. The molecule has 0 radical (unpaired) electrons. The van der Waals surface area contributed by atoms with Crippen molar-refractivity contribution < 1.29 is 13.9 Å². The predicted octanol–water partition coefficient (Wildman–Crippen LogP) is 2.15. The summed E-state index contributed by atoms with van der Waals surface area (Å²) in [6, 6.07) is 4.18. The number of benzene rings is 1. The molecule has 0 aliphatic rings. The average molecular weight is 189 g/mol. The van der Waals surface area contributed by atoms with Crippen LogP contribution in [-0.2, 0) is 16.1 Å². The van der Waals surface area contributed by atoms with Crippen molar-refractivity contribution in [2.45, 2.75) is 6.61 Å². The molecular formula is C8H6ClFO2. The molecule has 0 saturated heterocycles. The monoisotopic (exact) mass is 188 g/mol. The van der Waals surface area contributed by atoms with Crippen LogP contribution in [0.1, 0.15) is 5.56 Å². The molecule has 1 aromatic rings. The summed E-state index contributed by atoms with van der Waals surface area (Å²) in [6.07, 6.45) is 0. The predicted molar refractivity (Wildman–Crippen MR) is 42.3 cm³/mol. The summed E-state index contributed by atoms with van der Waals surface area (Å²) in [4.78, 5) is 9.79. The molecule has 0 atom stereocenters. The molecule has 0 saturated carbocycles. The van der Waals surface area contributed by atoms with Crippen LogP contribution in [0.2, 0.25) is 5.02 Å². The molecule has 0 bridgehead atoms. The third kappa shape index (κ3) is 2.20.